The molecule has 1 aliphatic rings. The minimum atomic E-state index is -0.121. The van der Waals surface area contributed by atoms with E-state index in [0.717, 1.165) is 37.5 Å². The molecule has 0 aliphatic heterocycles. The van der Waals surface area contributed by atoms with Crippen LogP contribution in [0.2, 0.25) is 0 Å². The second-order valence-corrected chi connectivity index (χ2v) is 5.74. The monoisotopic (exact) mass is 443 g/mol. The number of benzene rings is 1. The molecule has 1 aliphatic carbocycles. The van der Waals surface area contributed by atoms with Gasteiger partial charge in [-0.1, -0.05) is 18.2 Å². The van der Waals surface area contributed by atoms with Gasteiger partial charge in [-0.05, 0) is 30.5 Å². The van der Waals surface area contributed by atoms with Crippen LogP contribution in [0.25, 0.3) is 0 Å². The molecule has 1 aromatic carbocycles. The molecule has 2 N–H and O–H groups in total. The molecule has 24 heavy (non-hydrogen) atoms. The van der Waals surface area contributed by atoms with Gasteiger partial charge in [0.1, 0.15) is 5.82 Å². The second-order valence-electron chi connectivity index (χ2n) is 5.74. The zero-order valence-electron chi connectivity index (χ0n) is 13.7. The summed E-state index contributed by atoms with van der Waals surface area (Å²) in [5.41, 5.74) is 0.791. The molecule has 0 bridgehead atoms. The van der Waals surface area contributed by atoms with E-state index in [0.29, 0.717) is 0 Å². The van der Waals surface area contributed by atoms with Crippen molar-refractivity contribution in [2.24, 2.45) is 4.99 Å². The molecule has 3 rings (SSSR count). The Kier molecular flexibility index (Phi) is 7.01. The van der Waals surface area contributed by atoms with E-state index in [2.05, 4.69) is 20.7 Å². The van der Waals surface area contributed by atoms with Crippen molar-refractivity contribution in [3.8, 4) is 0 Å². The highest BCUT2D eigenvalue weighted by Gasteiger charge is 2.40. The molecule has 0 radical (unpaired) electrons. The van der Waals surface area contributed by atoms with E-state index in [1.54, 1.807) is 19.3 Å². The lowest BCUT2D eigenvalue weighted by atomic mass is 10.1. The summed E-state index contributed by atoms with van der Waals surface area (Å²) >= 11 is 0. The molecule has 130 valence electrons. The number of nitrogens with one attached hydrogen (secondary N) is 2. The summed E-state index contributed by atoms with van der Waals surface area (Å²) in [5, 5.41) is 10.8. The van der Waals surface area contributed by atoms with Crippen LogP contribution in [-0.2, 0) is 6.54 Å². The average Bonchev–Trinajstić information content (AvgIpc) is 3.12. The Hall–Kier alpha value is -1.64. The third-order valence-corrected chi connectivity index (χ3v) is 4.06. The number of halogens is 2. The van der Waals surface area contributed by atoms with Gasteiger partial charge in [0.25, 0.3) is 0 Å². The van der Waals surface area contributed by atoms with E-state index >= 15 is 0 Å². The number of aliphatic imine (C=N–C) groups is 1. The molecular weight excluding hydrogens is 420 g/mol. The first-order valence-electron chi connectivity index (χ1n) is 7.97. The maximum Gasteiger partial charge on any atom is 0.191 e. The van der Waals surface area contributed by atoms with Crippen LogP contribution in [0.4, 0.5) is 4.39 Å². The van der Waals surface area contributed by atoms with E-state index in [-0.39, 0.29) is 41.8 Å². The summed E-state index contributed by atoms with van der Waals surface area (Å²) < 4.78 is 15.7. The lowest BCUT2D eigenvalue weighted by molar-refractivity contribution is 0.569. The Morgan fingerprint density at radius 1 is 1.38 bits per heavy atom. The molecule has 0 saturated heterocycles. The van der Waals surface area contributed by atoms with Crippen molar-refractivity contribution in [1.29, 1.82) is 0 Å². The van der Waals surface area contributed by atoms with Crippen LogP contribution in [0.3, 0.4) is 0 Å². The number of hydrogen-bond acceptors (Lipinski definition) is 2. The fourth-order valence-electron chi connectivity index (χ4n) is 2.72. The Morgan fingerprint density at radius 2 is 2.21 bits per heavy atom. The molecule has 1 fully saturated rings. The largest absolute Gasteiger partial charge is 0.356 e. The van der Waals surface area contributed by atoms with Gasteiger partial charge in [-0.3, -0.25) is 9.67 Å². The number of aryl methyl sites for hydroxylation is 1. The van der Waals surface area contributed by atoms with Crippen LogP contribution in [0.5, 0.6) is 0 Å². The third kappa shape index (κ3) is 4.93. The Bertz CT molecular complexity index is 659. The van der Waals surface area contributed by atoms with Gasteiger partial charge in [-0.25, -0.2) is 4.39 Å². The normalized spacial score (nSPS) is 19.5. The molecule has 2 atom stereocenters. The lowest BCUT2D eigenvalue weighted by Crippen LogP contribution is -2.39. The summed E-state index contributed by atoms with van der Waals surface area (Å²) in [6.45, 7) is 1.69. The molecule has 2 aromatic rings. The standard InChI is InChI=1S/C17H22FN5.HI/c1-19-17(20-8-4-10-23-11-5-9-21-23)22-16-12-14(16)13-6-2-3-7-15(13)18;/h2-3,5-7,9,11,14,16H,4,8,10,12H2,1H3,(H2,19,20,22);1H. The molecular formula is C17H23FIN5. The van der Waals surface area contributed by atoms with Crippen LogP contribution in [0, 0.1) is 5.82 Å². The van der Waals surface area contributed by atoms with Crippen molar-refractivity contribution in [1.82, 2.24) is 20.4 Å². The first kappa shape index (κ1) is 18.7. The SMILES string of the molecule is CN=C(NCCCn1cccn1)NC1CC1c1ccccc1F.I. The van der Waals surface area contributed by atoms with E-state index in [1.807, 2.05) is 29.1 Å². The Balaban J connectivity index is 0.00000208. The molecule has 0 amide bonds. The van der Waals surface area contributed by atoms with Gasteiger partial charge in [0, 0.05) is 44.5 Å². The summed E-state index contributed by atoms with van der Waals surface area (Å²) in [6.07, 6.45) is 5.64. The number of nitrogens with zero attached hydrogens (tertiary/aromatic N) is 3. The molecule has 7 heteroatoms. The maximum absolute atomic E-state index is 13.8. The quantitative estimate of drug-likeness (QED) is 0.313. The van der Waals surface area contributed by atoms with E-state index < -0.39 is 0 Å². The van der Waals surface area contributed by atoms with Crippen LogP contribution in [-0.4, -0.2) is 35.4 Å². The maximum atomic E-state index is 13.8. The van der Waals surface area contributed by atoms with Gasteiger partial charge >= 0.3 is 0 Å². The van der Waals surface area contributed by atoms with E-state index in [4.69, 9.17) is 0 Å². The molecule has 0 spiro atoms. The van der Waals surface area contributed by atoms with Crippen molar-refractivity contribution in [2.45, 2.75) is 31.3 Å². The molecule has 1 aromatic heterocycles. The van der Waals surface area contributed by atoms with Crippen LogP contribution in [0.1, 0.15) is 24.3 Å². The highest BCUT2D eigenvalue weighted by atomic mass is 127. The highest BCUT2D eigenvalue weighted by molar-refractivity contribution is 14.0. The third-order valence-electron chi connectivity index (χ3n) is 4.06. The summed E-state index contributed by atoms with van der Waals surface area (Å²) in [5.74, 6) is 0.886. The van der Waals surface area contributed by atoms with Crippen molar-refractivity contribution >= 4 is 29.9 Å². The van der Waals surface area contributed by atoms with Crippen molar-refractivity contribution in [2.75, 3.05) is 13.6 Å². The first-order valence-corrected chi connectivity index (χ1v) is 7.97. The Labute approximate surface area is 158 Å². The van der Waals surface area contributed by atoms with Gasteiger partial charge in [0.15, 0.2) is 5.96 Å². The number of guanidine groups is 1. The Morgan fingerprint density at radius 3 is 2.92 bits per heavy atom. The van der Waals surface area contributed by atoms with Gasteiger partial charge in [-0.2, -0.15) is 5.10 Å². The topological polar surface area (TPSA) is 54.2 Å². The van der Waals surface area contributed by atoms with E-state index in [9.17, 15) is 4.39 Å². The average molecular weight is 443 g/mol. The molecule has 1 heterocycles. The van der Waals surface area contributed by atoms with Crippen LogP contribution in [0.15, 0.2) is 47.7 Å². The van der Waals surface area contributed by atoms with Gasteiger partial charge < -0.3 is 10.6 Å². The predicted octanol–water partition coefficient (Wildman–Crippen LogP) is 2.75. The fourth-order valence-corrected chi connectivity index (χ4v) is 2.72. The van der Waals surface area contributed by atoms with Crippen LogP contribution < -0.4 is 10.6 Å². The number of hydrogen-bond donors (Lipinski definition) is 2. The summed E-state index contributed by atoms with van der Waals surface area (Å²) in [6, 6.07) is 9.17. The summed E-state index contributed by atoms with van der Waals surface area (Å²) in [7, 11) is 1.75. The number of rotatable bonds is 6. The van der Waals surface area contributed by atoms with Crippen molar-refractivity contribution < 1.29 is 4.39 Å². The zero-order chi connectivity index (χ0) is 16.1. The van der Waals surface area contributed by atoms with Crippen LogP contribution >= 0.6 is 24.0 Å². The van der Waals surface area contributed by atoms with Gasteiger partial charge in [-0.15, -0.1) is 24.0 Å². The van der Waals surface area contributed by atoms with Gasteiger partial charge in [0.2, 0.25) is 0 Å². The highest BCUT2D eigenvalue weighted by Crippen LogP contribution is 2.41. The molecule has 5 nitrogen and oxygen atoms in total. The smallest absolute Gasteiger partial charge is 0.191 e. The minimum Gasteiger partial charge on any atom is -0.356 e. The fraction of sp³-hybridized carbons (Fsp3) is 0.412. The summed E-state index contributed by atoms with van der Waals surface area (Å²) in [4.78, 5) is 4.23. The lowest BCUT2D eigenvalue weighted by Gasteiger charge is -2.12. The number of aromatic nitrogens is 2. The van der Waals surface area contributed by atoms with Crippen molar-refractivity contribution in [3.05, 3.63) is 54.1 Å². The molecule has 2 unspecified atom stereocenters. The first-order chi connectivity index (χ1) is 11.3. The van der Waals surface area contributed by atoms with Gasteiger partial charge in [0.05, 0.1) is 0 Å². The zero-order valence-corrected chi connectivity index (χ0v) is 16.0. The second kappa shape index (κ2) is 9.00. The minimum absolute atomic E-state index is 0. The van der Waals surface area contributed by atoms with Crippen molar-refractivity contribution in [3.63, 3.8) is 0 Å². The molecule has 1 saturated carbocycles. The van der Waals surface area contributed by atoms with E-state index in [1.165, 1.54) is 6.07 Å². The predicted molar refractivity (Wildman–Crippen MR) is 104 cm³/mol.